The van der Waals surface area contributed by atoms with Crippen LogP contribution in [0.5, 0.6) is 0 Å². The number of rotatable bonds is 3. The molecule has 1 atom stereocenters. The Bertz CT molecular complexity index is 156. The summed E-state index contributed by atoms with van der Waals surface area (Å²) in [6, 6.07) is 0. The van der Waals surface area contributed by atoms with Crippen molar-refractivity contribution in [3.63, 3.8) is 0 Å². The van der Waals surface area contributed by atoms with Crippen molar-refractivity contribution in [1.29, 1.82) is 0 Å². The molecule has 1 saturated heterocycles. The van der Waals surface area contributed by atoms with E-state index in [1.807, 2.05) is 13.8 Å². The van der Waals surface area contributed by atoms with Gasteiger partial charge < -0.3 is 15.6 Å². The maximum absolute atomic E-state index is 8.92. The molecular formula is C9H20N2O2. The summed E-state index contributed by atoms with van der Waals surface area (Å²) < 4.78 is 5.34. The zero-order valence-corrected chi connectivity index (χ0v) is 8.49. The summed E-state index contributed by atoms with van der Waals surface area (Å²) in [6.07, 6.45) is -0.0314. The molecule has 3 N–H and O–H groups in total. The van der Waals surface area contributed by atoms with Crippen molar-refractivity contribution < 1.29 is 9.84 Å². The molecule has 0 spiro atoms. The van der Waals surface area contributed by atoms with Gasteiger partial charge in [0, 0.05) is 25.2 Å². The summed E-state index contributed by atoms with van der Waals surface area (Å²) in [5.41, 5.74) is 5.74. The lowest BCUT2D eigenvalue weighted by atomic mass is 10.1. The molecule has 1 rings (SSSR count). The maximum Gasteiger partial charge on any atom is 0.0932 e. The molecule has 1 aliphatic heterocycles. The summed E-state index contributed by atoms with van der Waals surface area (Å²) in [5, 5.41) is 8.92. The van der Waals surface area contributed by atoms with Crippen LogP contribution in [-0.4, -0.2) is 54.5 Å². The van der Waals surface area contributed by atoms with Gasteiger partial charge in [0.05, 0.1) is 19.3 Å². The minimum Gasteiger partial charge on any atom is -0.394 e. The highest BCUT2D eigenvalue weighted by molar-refractivity contribution is 4.80. The summed E-state index contributed by atoms with van der Waals surface area (Å²) >= 11 is 0. The average molecular weight is 188 g/mol. The molecule has 0 aromatic carbocycles. The van der Waals surface area contributed by atoms with Gasteiger partial charge >= 0.3 is 0 Å². The van der Waals surface area contributed by atoms with E-state index in [-0.39, 0.29) is 18.2 Å². The van der Waals surface area contributed by atoms with Crippen LogP contribution in [0.2, 0.25) is 0 Å². The Morgan fingerprint density at radius 2 is 2.31 bits per heavy atom. The molecular weight excluding hydrogens is 168 g/mol. The number of aliphatic hydroxyl groups is 1. The van der Waals surface area contributed by atoms with Gasteiger partial charge in [-0.25, -0.2) is 0 Å². The largest absolute Gasteiger partial charge is 0.394 e. The standard InChI is InChI=1S/C9H20N2O2/c1-9(2,10)7-11-3-4-13-8(5-11)6-12/h8,12H,3-7,10H2,1-2H3. The molecule has 0 radical (unpaired) electrons. The fourth-order valence-corrected chi connectivity index (χ4v) is 1.61. The van der Waals surface area contributed by atoms with E-state index < -0.39 is 0 Å². The van der Waals surface area contributed by atoms with Gasteiger partial charge in [-0.05, 0) is 13.8 Å². The Morgan fingerprint density at radius 1 is 1.62 bits per heavy atom. The van der Waals surface area contributed by atoms with Crippen LogP contribution in [-0.2, 0) is 4.74 Å². The van der Waals surface area contributed by atoms with Gasteiger partial charge in [0.15, 0.2) is 0 Å². The Labute approximate surface area is 79.7 Å². The second-order valence-corrected chi connectivity index (χ2v) is 4.40. The summed E-state index contributed by atoms with van der Waals surface area (Å²) in [4.78, 5) is 2.24. The highest BCUT2D eigenvalue weighted by Crippen LogP contribution is 2.08. The first-order valence-electron chi connectivity index (χ1n) is 4.75. The summed E-state index contributed by atoms with van der Waals surface area (Å²) in [7, 11) is 0. The molecule has 1 unspecified atom stereocenters. The number of ether oxygens (including phenoxy) is 1. The van der Waals surface area contributed by atoms with E-state index in [1.54, 1.807) is 0 Å². The third-order valence-electron chi connectivity index (χ3n) is 2.06. The van der Waals surface area contributed by atoms with Crippen molar-refractivity contribution in [3.8, 4) is 0 Å². The smallest absolute Gasteiger partial charge is 0.0932 e. The monoisotopic (exact) mass is 188 g/mol. The van der Waals surface area contributed by atoms with Crippen LogP contribution >= 0.6 is 0 Å². The molecule has 1 fully saturated rings. The Morgan fingerprint density at radius 3 is 2.85 bits per heavy atom. The third-order valence-corrected chi connectivity index (χ3v) is 2.06. The minimum absolute atomic E-state index is 0.0314. The second-order valence-electron chi connectivity index (χ2n) is 4.40. The number of nitrogens with zero attached hydrogens (tertiary/aromatic N) is 1. The minimum atomic E-state index is -0.169. The number of hydrogen-bond donors (Lipinski definition) is 2. The first-order chi connectivity index (χ1) is 6.01. The zero-order chi connectivity index (χ0) is 9.90. The van der Waals surface area contributed by atoms with E-state index in [4.69, 9.17) is 15.6 Å². The first kappa shape index (κ1) is 10.9. The Kier molecular flexibility index (Phi) is 3.67. The number of nitrogens with two attached hydrogens (primary N) is 1. The van der Waals surface area contributed by atoms with Gasteiger partial charge in [-0.15, -0.1) is 0 Å². The van der Waals surface area contributed by atoms with Crippen molar-refractivity contribution >= 4 is 0 Å². The van der Waals surface area contributed by atoms with Gasteiger partial charge in [-0.2, -0.15) is 0 Å². The zero-order valence-electron chi connectivity index (χ0n) is 8.49. The lowest BCUT2D eigenvalue weighted by Crippen LogP contribution is -2.52. The summed E-state index contributed by atoms with van der Waals surface area (Å²) in [5.74, 6) is 0. The van der Waals surface area contributed by atoms with E-state index in [9.17, 15) is 0 Å². The van der Waals surface area contributed by atoms with Crippen LogP contribution < -0.4 is 5.73 Å². The second kappa shape index (κ2) is 4.37. The molecule has 78 valence electrons. The first-order valence-corrected chi connectivity index (χ1v) is 4.75. The topological polar surface area (TPSA) is 58.7 Å². The average Bonchev–Trinajstić information content (AvgIpc) is 2.01. The van der Waals surface area contributed by atoms with Crippen LogP contribution in [0.4, 0.5) is 0 Å². The van der Waals surface area contributed by atoms with Gasteiger partial charge in [-0.3, -0.25) is 4.90 Å². The molecule has 13 heavy (non-hydrogen) atoms. The van der Waals surface area contributed by atoms with E-state index in [2.05, 4.69) is 4.90 Å². The Hall–Kier alpha value is -0.160. The van der Waals surface area contributed by atoms with Crippen LogP contribution in [0.1, 0.15) is 13.8 Å². The lowest BCUT2D eigenvalue weighted by molar-refractivity contribution is -0.0562. The summed E-state index contributed by atoms with van der Waals surface area (Å²) in [6.45, 7) is 7.37. The van der Waals surface area contributed by atoms with E-state index in [0.29, 0.717) is 6.61 Å². The van der Waals surface area contributed by atoms with Crippen LogP contribution in [0.15, 0.2) is 0 Å². The molecule has 1 aliphatic rings. The highest BCUT2D eigenvalue weighted by atomic mass is 16.5. The predicted molar refractivity (Wildman–Crippen MR) is 51.5 cm³/mol. The molecule has 0 aromatic heterocycles. The van der Waals surface area contributed by atoms with Crippen LogP contribution in [0.3, 0.4) is 0 Å². The highest BCUT2D eigenvalue weighted by Gasteiger charge is 2.23. The van der Waals surface area contributed by atoms with Crippen molar-refractivity contribution in [3.05, 3.63) is 0 Å². The number of morpholine rings is 1. The molecule has 1 heterocycles. The quantitative estimate of drug-likeness (QED) is 0.622. The molecule has 0 bridgehead atoms. The third kappa shape index (κ3) is 4.04. The fourth-order valence-electron chi connectivity index (χ4n) is 1.61. The van der Waals surface area contributed by atoms with Gasteiger partial charge in [0.25, 0.3) is 0 Å². The van der Waals surface area contributed by atoms with Crippen molar-refractivity contribution in [1.82, 2.24) is 4.90 Å². The van der Waals surface area contributed by atoms with E-state index in [1.165, 1.54) is 0 Å². The number of aliphatic hydroxyl groups excluding tert-OH is 1. The van der Waals surface area contributed by atoms with Crippen LogP contribution in [0.25, 0.3) is 0 Å². The van der Waals surface area contributed by atoms with Crippen molar-refractivity contribution in [2.24, 2.45) is 5.73 Å². The molecule has 4 heteroatoms. The Balaban J connectivity index is 2.34. The van der Waals surface area contributed by atoms with E-state index in [0.717, 1.165) is 19.6 Å². The fraction of sp³-hybridized carbons (Fsp3) is 1.00. The lowest BCUT2D eigenvalue weighted by Gasteiger charge is -2.35. The predicted octanol–water partition coefficient (Wildman–Crippen LogP) is -0.583. The molecule has 0 amide bonds. The van der Waals surface area contributed by atoms with Gasteiger partial charge in [-0.1, -0.05) is 0 Å². The maximum atomic E-state index is 8.92. The van der Waals surface area contributed by atoms with Gasteiger partial charge in [0.1, 0.15) is 0 Å². The van der Waals surface area contributed by atoms with Crippen molar-refractivity contribution in [2.45, 2.75) is 25.5 Å². The molecule has 4 nitrogen and oxygen atoms in total. The SMILES string of the molecule is CC(C)(N)CN1CCOC(CO)C1. The molecule has 0 saturated carbocycles. The molecule has 0 aromatic rings. The van der Waals surface area contributed by atoms with Crippen molar-refractivity contribution in [2.75, 3.05) is 32.8 Å². The normalized spacial score (nSPS) is 26.3. The van der Waals surface area contributed by atoms with Crippen LogP contribution in [0, 0.1) is 0 Å². The van der Waals surface area contributed by atoms with E-state index >= 15 is 0 Å². The van der Waals surface area contributed by atoms with Gasteiger partial charge in [0.2, 0.25) is 0 Å². The molecule has 0 aliphatic carbocycles. The number of hydrogen-bond acceptors (Lipinski definition) is 4.